The Morgan fingerprint density at radius 3 is 2.61 bits per heavy atom. The van der Waals surface area contributed by atoms with Crippen molar-refractivity contribution in [2.75, 3.05) is 24.8 Å². The zero-order valence-corrected chi connectivity index (χ0v) is 16.5. The van der Waals surface area contributed by atoms with Gasteiger partial charge in [0.1, 0.15) is 6.61 Å². The molecule has 0 N–H and O–H groups in total. The van der Waals surface area contributed by atoms with Gasteiger partial charge >= 0.3 is 11.9 Å². The molecule has 1 saturated heterocycles. The number of rotatable bonds is 6. The molecule has 1 heterocycles. The van der Waals surface area contributed by atoms with Crippen molar-refractivity contribution in [2.45, 2.75) is 17.9 Å². The molecule has 1 amide bonds. The Morgan fingerprint density at radius 2 is 1.93 bits per heavy atom. The zero-order valence-electron chi connectivity index (χ0n) is 15.7. The van der Waals surface area contributed by atoms with Crippen molar-refractivity contribution in [3.63, 3.8) is 0 Å². The number of nitrogens with zero attached hydrogens (tertiary/aromatic N) is 1. The number of anilines is 1. The second kappa shape index (κ2) is 8.93. The quantitative estimate of drug-likeness (QED) is 0.548. The predicted octanol–water partition coefficient (Wildman–Crippen LogP) is 3.29. The fraction of sp³-hybridized carbons (Fsp3) is 0.286. The first-order chi connectivity index (χ1) is 13.5. The summed E-state index contributed by atoms with van der Waals surface area (Å²) in [6.07, 6.45) is 2.12. The average Bonchev–Trinajstić information content (AvgIpc) is 3.13. The lowest BCUT2D eigenvalue weighted by Crippen LogP contribution is -2.26. The molecule has 0 radical (unpaired) electrons. The van der Waals surface area contributed by atoms with Crippen LogP contribution in [0.15, 0.2) is 53.4 Å². The number of carbonyl (C=O) groups excluding carboxylic acids is 3. The molecule has 0 unspecified atom stereocenters. The highest BCUT2D eigenvalue weighted by molar-refractivity contribution is 7.98. The van der Waals surface area contributed by atoms with Crippen LogP contribution >= 0.6 is 11.8 Å². The van der Waals surface area contributed by atoms with E-state index in [1.54, 1.807) is 40.9 Å². The van der Waals surface area contributed by atoms with Crippen LogP contribution in [0.1, 0.15) is 22.3 Å². The average molecular weight is 399 g/mol. The largest absolute Gasteiger partial charge is 0.465 e. The number of esters is 2. The van der Waals surface area contributed by atoms with E-state index in [1.807, 2.05) is 30.5 Å². The molecule has 146 valence electrons. The highest BCUT2D eigenvalue weighted by atomic mass is 32.2. The summed E-state index contributed by atoms with van der Waals surface area (Å²) in [7, 11) is 1.32. The monoisotopic (exact) mass is 399 g/mol. The van der Waals surface area contributed by atoms with Gasteiger partial charge < -0.3 is 14.4 Å². The van der Waals surface area contributed by atoms with E-state index in [2.05, 4.69) is 4.74 Å². The minimum Gasteiger partial charge on any atom is -0.465 e. The molecule has 1 fully saturated rings. The summed E-state index contributed by atoms with van der Waals surface area (Å²) in [5, 5.41) is 0. The van der Waals surface area contributed by atoms with Crippen LogP contribution < -0.4 is 4.90 Å². The highest BCUT2D eigenvalue weighted by Crippen LogP contribution is 2.28. The minimum absolute atomic E-state index is 0.0809. The Bertz CT molecular complexity index is 881. The smallest absolute Gasteiger partial charge is 0.337 e. The van der Waals surface area contributed by atoms with Crippen LogP contribution in [0, 0.1) is 5.92 Å². The third kappa shape index (κ3) is 4.54. The molecule has 6 nitrogen and oxygen atoms in total. The molecule has 2 aromatic carbocycles. The van der Waals surface area contributed by atoms with Crippen molar-refractivity contribution in [3.8, 4) is 0 Å². The molecule has 1 atom stereocenters. The van der Waals surface area contributed by atoms with Crippen molar-refractivity contribution in [2.24, 2.45) is 5.92 Å². The van der Waals surface area contributed by atoms with Gasteiger partial charge in [-0.05, 0) is 42.2 Å². The van der Waals surface area contributed by atoms with Crippen LogP contribution in [0.3, 0.4) is 0 Å². The topological polar surface area (TPSA) is 72.9 Å². The lowest BCUT2D eigenvalue weighted by molar-refractivity contribution is -0.149. The van der Waals surface area contributed by atoms with Crippen LogP contribution in [0.25, 0.3) is 0 Å². The standard InChI is InChI=1S/C21H21NO5S/c1-26-20(24)15-8-6-14(7-9-15)13-27-21(25)16-10-19(23)22(12-16)17-4-3-5-18(11-17)28-2/h3-9,11,16H,10,12-13H2,1-2H3/t16-/m0/s1. The second-order valence-corrected chi connectivity index (χ2v) is 7.28. The van der Waals surface area contributed by atoms with Gasteiger partial charge in [0.25, 0.3) is 0 Å². The summed E-state index contributed by atoms with van der Waals surface area (Å²) in [5.74, 6) is -1.38. The molecule has 0 bridgehead atoms. The Balaban J connectivity index is 1.58. The number of benzene rings is 2. The highest BCUT2D eigenvalue weighted by Gasteiger charge is 2.36. The number of hydrogen-bond acceptors (Lipinski definition) is 6. The lowest BCUT2D eigenvalue weighted by Gasteiger charge is -2.17. The molecule has 0 aliphatic carbocycles. The SMILES string of the molecule is COC(=O)c1ccc(COC(=O)[C@H]2CC(=O)N(c3cccc(SC)c3)C2)cc1. The van der Waals surface area contributed by atoms with Gasteiger partial charge in [0.15, 0.2) is 0 Å². The summed E-state index contributed by atoms with van der Waals surface area (Å²) >= 11 is 1.60. The van der Waals surface area contributed by atoms with Gasteiger partial charge in [-0.15, -0.1) is 11.8 Å². The van der Waals surface area contributed by atoms with Gasteiger partial charge in [0.05, 0.1) is 18.6 Å². The van der Waals surface area contributed by atoms with Crippen molar-refractivity contribution in [1.29, 1.82) is 0 Å². The number of thioether (sulfide) groups is 1. The first-order valence-electron chi connectivity index (χ1n) is 8.80. The first kappa shape index (κ1) is 19.9. The van der Waals surface area contributed by atoms with E-state index in [4.69, 9.17) is 4.74 Å². The molecule has 1 aliphatic heterocycles. The summed E-state index contributed by atoms with van der Waals surface area (Å²) in [6.45, 7) is 0.406. The molecule has 0 aromatic heterocycles. The Morgan fingerprint density at radius 1 is 1.18 bits per heavy atom. The Kier molecular flexibility index (Phi) is 6.36. The summed E-state index contributed by atoms with van der Waals surface area (Å²) in [4.78, 5) is 38.9. The normalized spacial score (nSPS) is 16.1. The van der Waals surface area contributed by atoms with Gasteiger partial charge in [0.2, 0.25) is 5.91 Å². The maximum Gasteiger partial charge on any atom is 0.337 e. The van der Waals surface area contributed by atoms with E-state index < -0.39 is 17.9 Å². The van der Waals surface area contributed by atoms with Crippen LogP contribution in [0.2, 0.25) is 0 Å². The van der Waals surface area contributed by atoms with E-state index in [0.717, 1.165) is 16.1 Å². The van der Waals surface area contributed by atoms with Gasteiger partial charge in [-0.3, -0.25) is 9.59 Å². The molecule has 1 aliphatic rings. The molecule has 3 rings (SSSR count). The maximum absolute atomic E-state index is 12.4. The van der Waals surface area contributed by atoms with E-state index in [-0.39, 0.29) is 18.9 Å². The zero-order chi connectivity index (χ0) is 20.1. The van der Waals surface area contributed by atoms with Crippen molar-refractivity contribution >= 4 is 35.3 Å². The fourth-order valence-corrected chi connectivity index (χ4v) is 3.47. The minimum atomic E-state index is -0.486. The van der Waals surface area contributed by atoms with E-state index >= 15 is 0 Å². The number of carbonyl (C=O) groups is 3. The van der Waals surface area contributed by atoms with Gasteiger partial charge in [-0.2, -0.15) is 0 Å². The number of methoxy groups -OCH3 is 1. The van der Waals surface area contributed by atoms with Crippen LogP contribution in [-0.4, -0.2) is 37.8 Å². The summed E-state index contributed by atoms with van der Waals surface area (Å²) in [6, 6.07) is 14.3. The van der Waals surface area contributed by atoms with Crippen LogP contribution in [-0.2, 0) is 25.7 Å². The van der Waals surface area contributed by atoms with E-state index in [9.17, 15) is 14.4 Å². The Labute approximate surface area is 167 Å². The number of hydrogen-bond donors (Lipinski definition) is 0. The molecule has 0 spiro atoms. The molecule has 2 aromatic rings. The third-order valence-corrected chi connectivity index (χ3v) is 5.30. The van der Waals surface area contributed by atoms with Crippen LogP contribution in [0.4, 0.5) is 5.69 Å². The second-order valence-electron chi connectivity index (χ2n) is 6.40. The van der Waals surface area contributed by atoms with Gasteiger partial charge in [-0.25, -0.2) is 4.79 Å². The predicted molar refractivity (Wildman–Crippen MR) is 106 cm³/mol. The Hall–Kier alpha value is -2.80. The summed E-state index contributed by atoms with van der Waals surface area (Å²) < 4.78 is 10.0. The number of ether oxygens (including phenoxy) is 2. The first-order valence-corrected chi connectivity index (χ1v) is 10.0. The fourth-order valence-electron chi connectivity index (χ4n) is 3.02. The van der Waals surface area contributed by atoms with Crippen molar-refractivity contribution in [1.82, 2.24) is 0 Å². The van der Waals surface area contributed by atoms with E-state index in [1.165, 1.54) is 7.11 Å². The molecule has 28 heavy (non-hydrogen) atoms. The molecular formula is C21H21NO5S. The van der Waals surface area contributed by atoms with Crippen molar-refractivity contribution in [3.05, 3.63) is 59.7 Å². The van der Waals surface area contributed by atoms with Gasteiger partial charge in [0, 0.05) is 23.5 Å². The molecule has 7 heteroatoms. The number of amides is 1. The van der Waals surface area contributed by atoms with E-state index in [0.29, 0.717) is 12.1 Å². The van der Waals surface area contributed by atoms with Gasteiger partial charge in [-0.1, -0.05) is 18.2 Å². The van der Waals surface area contributed by atoms with Crippen LogP contribution in [0.5, 0.6) is 0 Å². The lowest BCUT2D eigenvalue weighted by atomic mass is 10.1. The molecule has 0 saturated carbocycles. The maximum atomic E-state index is 12.4. The molecular weight excluding hydrogens is 378 g/mol. The third-order valence-electron chi connectivity index (χ3n) is 4.58. The summed E-state index contributed by atoms with van der Waals surface area (Å²) in [5.41, 5.74) is 1.99. The van der Waals surface area contributed by atoms with Crippen molar-refractivity contribution < 1.29 is 23.9 Å².